The van der Waals surface area contributed by atoms with Gasteiger partial charge in [0.15, 0.2) is 11.6 Å². The van der Waals surface area contributed by atoms with Crippen LogP contribution in [0.3, 0.4) is 0 Å². The lowest BCUT2D eigenvalue weighted by Gasteiger charge is -2.09. The van der Waals surface area contributed by atoms with E-state index in [9.17, 15) is 14.4 Å². The molecule has 0 bridgehead atoms. The van der Waals surface area contributed by atoms with Gasteiger partial charge in [-0.05, 0) is 39.3 Å². The van der Waals surface area contributed by atoms with Crippen molar-refractivity contribution >= 4 is 34.1 Å². The lowest BCUT2D eigenvalue weighted by Crippen LogP contribution is -2.20. The zero-order valence-electron chi connectivity index (χ0n) is 13.7. The van der Waals surface area contributed by atoms with Crippen molar-refractivity contribution in [2.75, 3.05) is 5.73 Å². The molecular formula is C17H20N2O4. The second kappa shape index (κ2) is 6.24. The number of ketones is 2. The summed E-state index contributed by atoms with van der Waals surface area (Å²) in [7, 11) is 0. The van der Waals surface area contributed by atoms with Gasteiger partial charge in [0.2, 0.25) is 0 Å². The standard InChI is InChI=1S/C17H20N2O4/c1-5-6-14(22)23-19-9(2)15(11(4)21)16-13(19)8-7-12(10(3)20)17(16)18/h7-8H,5-6,18H2,1-4H3. The van der Waals surface area contributed by atoms with Crippen molar-refractivity contribution in [1.82, 2.24) is 4.73 Å². The number of rotatable bonds is 5. The number of carbonyl (C=O) groups excluding carboxylic acids is 3. The molecule has 1 aromatic heterocycles. The third-order valence-electron chi connectivity index (χ3n) is 3.74. The Morgan fingerprint density at radius 2 is 1.83 bits per heavy atom. The third-order valence-corrected chi connectivity index (χ3v) is 3.74. The molecule has 0 saturated carbocycles. The zero-order chi connectivity index (χ0) is 17.3. The van der Waals surface area contributed by atoms with Crippen LogP contribution >= 0.6 is 0 Å². The molecule has 2 aromatic rings. The van der Waals surface area contributed by atoms with Crippen molar-refractivity contribution in [3.63, 3.8) is 0 Å². The Hall–Kier alpha value is -2.63. The van der Waals surface area contributed by atoms with Crippen LogP contribution in [0.1, 0.15) is 60.0 Å². The molecule has 0 fully saturated rings. The Morgan fingerprint density at radius 1 is 1.17 bits per heavy atom. The summed E-state index contributed by atoms with van der Waals surface area (Å²) < 4.78 is 1.32. The third kappa shape index (κ3) is 2.84. The average Bonchev–Trinajstić information content (AvgIpc) is 2.73. The minimum Gasteiger partial charge on any atom is -0.398 e. The van der Waals surface area contributed by atoms with Crippen LogP contribution < -0.4 is 10.6 Å². The lowest BCUT2D eigenvalue weighted by molar-refractivity contribution is -0.143. The predicted octanol–water partition coefficient (Wildman–Crippen LogP) is 2.69. The Morgan fingerprint density at radius 3 is 2.35 bits per heavy atom. The van der Waals surface area contributed by atoms with Crippen molar-refractivity contribution in [3.05, 3.63) is 29.0 Å². The molecular weight excluding hydrogens is 296 g/mol. The second-order valence-corrected chi connectivity index (χ2v) is 5.50. The summed E-state index contributed by atoms with van der Waals surface area (Å²) in [5.74, 6) is -0.783. The van der Waals surface area contributed by atoms with Crippen LogP contribution in [0.4, 0.5) is 5.69 Å². The highest BCUT2D eigenvalue weighted by atomic mass is 16.7. The van der Waals surface area contributed by atoms with Gasteiger partial charge in [0.25, 0.3) is 0 Å². The summed E-state index contributed by atoms with van der Waals surface area (Å²) in [6.07, 6.45) is 0.933. The number of nitrogens with two attached hydrogens (primary N) is 1. The van der Waals surface area contributed by atoms with E-state index in [4.69, 9.17) is 10.6 Å². The first-order chi connectivity index (χ1) is 10.8. The molecule has 23 heavy (non-hydrogen) atoms. The summed E-state index contributed by atoms with van der Waals surface area (Å²) in [6.45, 7) is 6.39. The number of carbonyl (C=O) groups is 3. The monoisotopic (exact) mass is 316 g/mol. The number of Topliss-reactive ketones (excluding diaryl/α,β-unsaturated/α-hetero) is 2. The molecule has 1 heterocycles. The number of fused-ring (bicyclic) bond motifs is 1. The molecule has 1 aromatic carbocycles. The first-order valence-corrected chi connectivity index (χ1v) is 7.46. The van der Waals surface area contributed by atoms with E-state index in [1.807, 2.05) is 6.92 Å². The summed E-state index contributed by atoms with van der Waals surface area (Å²) in [5.41, 5.74) is 8.03. The van der Waals surface area contributed by atoms with Gasteiger partial charge in [0.1, 0.15) is 0 Å². The SMILES string of the molecule is CCCC(=O)On1c(C)c(C(C)=O)c2c(N)c(C(C)=O)ccc21. The van der Waals surface area contributed by atoms with E-state index in [2.05, 4.69) is 0 Å². The van der Waals surface area contributed by atoms with Gasteiger partial charge in [-0.2, -0.15) is 4.73 Å². The van der Waals surface area contributed by atoms with Crippen LogP contribution in [-0.2, 0) is 4.79 Å². The van der Waals surface area contributed by atoms with Crippen molar-refractivity contribution in [1.29, 1.82) is 0 Å². The fraction of sp³-hybridized carbons (Fsp3) is 0.353. The maximum Gasteiger partial charge on any atom is 0.332 e. The van der Waals surface area contributed by atoms with E-state index < -0.39 is 5.97 Å². The van der Waals surface area contributed by atoms with Crippen molar-refractivity contribution in [2.45, 2.75) is 40.5 Å². The van der Waals surface area contributed by atoms with Crippen molar-refractivity contribution in [3.8, 4) is 0 Å². The molecule has 6 heteroatoms. The van der Waals surface area contributed by atoms with Gasteiger partial charge in [0, 0.05) is 17.4 Å². The van der Waals surface area contributed by atoms with Crippen LogP contribution in [0, 0.1) is 6.92 Å². The number of hydrogen-bond acceptors (Lipinski definition) is 5. The molecule has 2 N–H and O–H groups in total. The topological polar surface area (TPSA) is 91.4 Å². The summed E-state index contributed by atoms with van der Waals surface area (Å²) >= 11 is 0. The molecule has 122 valence electrons. The molecule has 0 amide bonds. The average molecular weight is 316 g/mol. The zero-order valence-corrected chi connectivity index (χ0v) is 13.7. The molecule has 0 radical (unpaired) electrons. The number of nitrogens with zero attached hydrogens (tertiary/aromatic N) is 1. The largest absolute Gasteiger partial charge is 0.398 e. The van der Waals surface area contributed by atoms with Crippen LogP contribution in [0.5, 0.6) is 0 Å². The van der Waals surface area contributed by atoms with E-state index in [0.717, 1.165) is 0 Å². The van der Waals surface area contributed by atoms with E-state index in [1.165, 1.54) is 18.6 Å². The Kier molecular flexibility index (Phi) is 4.54. The number of nitrogen functional groups attached to an aromatic ring is 1. The minimum absolute atomic E-state index is 0.188. The molecule has 6 nitrogen and oxygen atoms in total. The first kappa shape index (κ1) is 16.7. The first-order valence-electron chi connectivity index (χ1n) is 7.46. The van der Waals surface area contributed by atoms with E-state index >= 15 is 0 Å². The fourth-order valence-corrected chi connectivity index (χ4v) is 2.71. The molecule has 0 aliphatic heterocycles. The van der Waals surface area contributed by atoms with Crippen LogP contribution in [-0.4, -0.2) is 22.3 Å². The number of benzene rings is 1. The van der Waals surface area contributed by atoms with Gasteiger partial charge < -0.3 is 10.6 Å². The molecule has 0 saturated heterocycles. The Labute approximate surface area is 134 Å². The van der Waals surface area contributed by atoms with Gasteiger partial charge in [-0.1, -0.05) is 6.92 Å². The highest BCUT2D eigenvalue weighted by Gasteiger charge is 2.23. The minimum atomic E-state index is -0.392. The fourth-order valence-electron chi connectivity index (χ4n) is 2.71. The van der Waals surface area contributed by atoms with Gasteiger partial charge in [0.05, 0.1) is 22.5 Å². The number of aromatic nitrogens is 1. The summed E-state index contributed by atoms with van der Waals surface area (Å²) in [4.78, 5) is 40.9. The number of anilines is 1. The quantitative estimate of drug-likeness (QED) is 0.676. The molecule has 2 rings (SSSR count). The normalized spacial score (nSPS) is 10.8. The second-order valence-electron chi connectivity index (χ2n) is 5.50. The summed E-state index contributed by atoms with van der Waals surface area (Å²) in [6, 6.07) is 3.22. The molecule has 0 spiro atoms. The smallest absolute Gasteiger partial charge is 0.332 e. The Balaban J connectivity index is 2.77. The van der Waals surface area contributed by atoms with E-state index in [0.29, 0.717) is 34.1 Å². The molecule has 0 atom stereocenters. The number of hydrogen-bond donors (Lipinski definition) is 1. The van der Waals surface area contributed by atoms with E-state index in [1.54, 1.807) is 19.1 Å². The Bertz CT molecular complexity index is 818. The molecule has 0 aliphatic rings. The lowest BCUT2D eigenvalue weighted by atomic mass is 10.0. The highest BCUT2D eigenvalue weighted by Crippen LogP contribution is 2.33. The van der Waals surface area contributed by atoms with Gasteiger partial charge >= 0.3 is 5.97 Å². The molecule has 0 aliphatic carbocycles. The maximum atomic E-state index is 12.0. The van der Waals surface area contributed by atoms with Gasteiger partial charge in [-0.3, -0.25) is 9.59 Å². The van der Waals surface area contributed by atoms with Crippen molar-refractivity contribution < 1.29 is 19.2 Å². The van der Waals surface area contributed by atoms with Crippen LogP contribution in [0.25, 0.3) is 10.9 Å². The van der Waals surface area contributed by atoms with Crippen molar-refractivity contribution in [2.24, 2.45) is 0 Å². The van der Waals surface area contributed by atoms with Gasteiger partial charge in [-0.15, -0.1) is 0 Å². The summed E-state index contributed by atoms with van der Waals surface area (Å²) in [5, 5.41) is 0.451. The maximum absolute atomic E-state index is 12.0. The highest BCUT2D eigenvalue weighted by molar-refractivity contribution is 6.16. The van der Waals surface area contributed by atoms with Crippen LogP contribution in [0.2, 0.25) is 0 Å². The van der Waals surface area contributed by atoms with Crippen LogP contribution in [0.15, 0.2) is 12.1 Å². The predicted molar refractivity (Wildman–Crippen MR) is 87.6 cm³/mol. The van der Waals surface area contributed by atoms with Gasteiger partial charge in [-0.25, -0.2) is 4.79 Å². The molecule has 0 unspecified atom stereocenters. The van der Waals surface area contributed by atoms with E-state index in [-0.39, 0.29) is 23.7 Å².